The summed E-state index contributed by atoms with van der Waals surface area (Å²) < 4.78 is 44.3. The molecule has 0 saturated heterocycles. The predicted octanol–water partition coefficient (Wildman–Crippen LogP) is 1.95. The van der Waals surface area contributed by atoms with E-state index in [1.54, 1.807) is 0 Å². The van der Waals surface area contributed by atoms with Gasteiger partial charge in [-0.2, -0.15) is 13.2 Å². The molecule has 7 heteroatoms. The molecule has 0 radical (unpaired) electrons. The molecule has 0 bridgehead atoms. The van der Waals surface area contributed by atoms with Gasteiger partial charge in [-0.25, -0.2) is 4.79 Å². The molecular formula is C10H10F3NO3. The van der Waals surface area contributed by atoms with Crippen molar-refractivity contribution in [3.05, 3.63) is 29.6 Å². The fourth-order valence-corrected chi connectivity index (χ4v) is 1.07. The van der Waals surface area contributed by atoms with E-state index in [0.717, 1.165) is 0 Å². The highest BCUT2D eigenvalue weighted by Gasteiger charge is 2.27. The fourth-order valence-electron chi connectivity index (χ4n) is 1.07. The van der Waals surface area contributed by atoms with Gasteiger partial charge < -0.3 is 9.47 Å². The van der Waals surface area contributed by atoms with Crippen LogP contribution in [0.25, 0.3) is 0 Å². The monoisotopic (exact) mass is 249 g/mol. The van der Waals surface area contributed by atoms with Crippen molar-refractivity contribution in [2.45, 2.75) is 12.8 Å². The Bertz CT molecular complexity index is 393. The molecule has 0 aromatic carbocycles. The minimum Gasteiger partial charge on any atom is -0.465 e. The number of carbonyl (C=O) groups is 1. The molecule has 1 rings (SSSR count). The Morgan fingerprint density at radius 3 is 2.76 bits per heavy atom. The quantitative estimate of drug-likeness (QED) is 0.765. The number of rotatable bonds is 4. The molecule has 17 heavy (non-hydrogen) atoms. The molecule has 0 spiro atoms. The normalized spacial score (nSPS) is 11.3. The Hall–Kier alpha value is -1.63. The first-order chi connectivity index (χ1) is 7.92. The number of nitrogens with zero attached hydrogens (tertiary/aromatic N) is 1. The molecule has 94 valence electrons. The number of pyridine rings is 1. The average molecular weight is 249 g/mol. The zero-order valence-electron chi connectivity index (χ0n) is 8.95. The molecule has 0 saturated carbocycles. The van der Waals surface area contributed by atoms with Crippen LogP contribution in [0.1, 0.15) is 16.1 Å². The number of hydrogen-bond donors (Lipinski definition) is 0. The third-order valence-corrected chi connectivity index (χ3v) is 1.75. The van der Waals surface area contributed by atoms with E-state index in [1.807, 2.05) is 0 Å². The summed E-state index contributed by atoms with van der Waals surface area (Å²) in [5.41, 5.74) is 0.449. The van der Waals surface area contributed by atoms with E-state index >= 15 is 0 Å². The van der Waals surface area contributed by atoms with Gasteiger partial charge in [0.2, 0.25) is 0 Å². The van der Waals surface area contributed by atoms with Crippen molar-refractivity contribution in [2.75, 3.05) is 13.7 Å². The molecular weight excluding hydrogens is 239 g/mol. The van der Waals surface area contributed by atoms with Crippen LogP contribution in [-0.4, -0.2) is 30.8 Å². The highest BCUT2D eigenvalue weighted by atomic mass is 19.4. The molecule has 0 fully saturated rings. The smallest absolute Gasteiger partial charge is 0.411 e. The lowest BCUT2D eigenvalue weighted by Crippen LogP contribution is -2.17. The Morgan fingerprint density at radius 1 is 1.47 bits per heavy atom. The molecule has 0 N–H and O–H groups in total. The molecule has 4 nitrogen and oxygen atoms in total. The fraction of sp³-hybridized carbons (Fsp3) is 0.400. The maximum absolute atomic E-state index is 11.8. The number of halogens is 3. The number of alkyl halides is 3. The summed E-state index contributed by atoms with van der Waals surface area (Å²) in [5, 5.41) is 0. The number of carbonyl (C=O) groups excluding carboxylic acids is 1. The van der Waals surface area contributed by atoms with E-state index < -0.39 is 18.8 Å². The van der Waals surface area contributed by atoms with Crippen LogP contribution in [0.5, 0.6) is 0 Å². The molecule has 1 heterocycles. The Kier molecular flexibility index (Phi) is 4.45. The van der Waals surface area contributed by atoms with E-state index in [9.17, 15) is 18.0 Å². The lowest BCUT2D eigenvalue weighted by molar-refractivity contribution is -0.176. The number of hydrogen-bond acceptors (Lipinski definition) is 4. The standard InChI is InChI=1S/C10H10F3NO3/c1-16-9(15)7-2-3-14-8(4-7)5-17-6-10(11,12)13/h2-4H,5-6H2,1H3. The van der Waals surface area contributed by atoms with Gasteiger partial charge >= 0.3 is 12.1 Å². The molecule has 0 atom stereocenters. The molecule has 0 aliphatic rings. The van der Waals surface area contributed by atoms with Crippen molar-refractivity contribution in [1.82, 2.24) is 4.98 Å². The van der Waals surface area contributed by atoms with Gasteiger partial charge in [-0.05, 0) is 12.1 Å². The van der Waals surface area contributed by atoms with E-state index in [-0.39, 0.29) is 17.9 Å². The number of esters is 1. The SMILES string of the molecule is COC(=O)c1ccnc(COCC(F)(F)F)c1. The molecule has 1 aromatic rings. The van der Waals surface area contributed by atoms with Crippen molar-refractivity contribution in [3.63, 3.8) is 0 Å². The number of methoxy groups -OCH3 is 1. The summed E-state index contributed by atoms with van der Waals surface area (Å²) in [6.07, 6.45) is -3.07. The number of ether oxygens (including phenoxy) is 2. The second kappa shape index (κ2) is 5.62. The minimum absolute atomic E-state index is 0.216. The summed E-state index contributed by atoms with van der Waals surface area (Å²) in [6.45, 7) is -1.67. The Morgan fingerprint density at radius 2 is 2.18 bits per heavy atom. The molecule has 0 aliphatic carbocycles. The summed E-state index contributed by atoms with van der Waals surface area (Å²) in [7, 11) is 1.21. The summed E-state index contributed by atoms with van der Waals surface area (Å²) in [4.78, 5) is 14.9. The first-order valence-electron chi connectivity index (χ1n) is 4.60. The second-order valence-corrected chi connectivity index (χ2v) is 3.14. The summed E-state index contributed by atoms with van der Waals surface area (Å²) >= 11 is 0. The third kappa shape index (κ3) is 4.81. The predicted molar refractivity (Wildman–Crippen MR) is 51.3 cm³/mol. The van der Waals surface area contributed by atoms with Crippen LogP contribution in [0.2, 0.25) is 0 Å². The highest BCUT2D eigenvalue weighted by molar-refractivity contribution is 5.89. The molecule has 1 aromatic heterocycles. The summed E-state index contributed by atoms with van der Waals surface area (Å²) in [5.74, 6) is -0.579. The summed E-state index contributed by atoms with van der Waals surface area (Å²) in [6, 6.07) is 2.72. The van der Waals surface area contributed by atoms with Gasteiger partial charge in [0.05, 0.1) is 25.0 Å². The Labute approximate surface area is 95.4 Å². The largest absolute Gasteiger partial charge is 0.465 e. The van der Waals surface area contributed by atoms with E-state index in [0.29, 0.717) is 0 Å². The minimum atomic E-state index is -4.38. The van der Waals surface area contributed by atoms with Crippen molar-refractivity contribution < 1.29 is 27.4 Å². The van der Waals surface area contributed by atoms with Crippen LogP contribution >= 0.6 is 0 Å². The van der Waals surface area contributed by atoms with E-state index in [4.69, 9.17) is 0 Å². The van der Waals surface area contributed by atoms with Gasteiger partial charge in [-0.15, -0.1) is 0 Å². The van der Waals surface area contributed by atoms with Gasteiger partial charge in [-0.3, -0.25) is 4.98 Å². The van der Waals surface area contributed by atoms with Crippen LogP contribution in [0.4, 0.5) is 13.2 Å². The van der Waals surface area contributed by atoms with Gasteiger partial charge in [0.15, 0.2) is 0 Å². The first-order valence-corrected chi connectivity index (χ1v) is 4.60. The van der Waals surface area contributed by atoms with E-state index in [1.165, 1.54) is 25.4 Å². The van der Waals surface area contributed by atoms with Crippen molar-refractivity contribution >= 4 is 5.97 Å². The zero-order chi connectivity index (χ0) is 12.9. The van der Waals surface area contributed by atoms with Crippen LogP contribution in [-0.2, 0) is 16.1 Å². The van der Waals surface area contributed by atoms with E-state index in [2.05, 4.69) is 14.5 Å². The third-order valence-electron chi connectivity index (χ3n) is 1.75. The van der Waals surface area contributed by atoms with Crippen molar-refractivity contribution in [3.8, 4) is 0 Å². The van der Waals surface area contributed by atoms with Crippen LogP contribution in [0.3, 0.4) is 0 Å². The molecule has 0 unspecified atom stereocenters. The van der Waals surface area contributed by atoms with Gasteiger partial charge in [0.25, 0.3) is 0 Å². The van der Waals surface area contributed by atoms with Crippen molar-refractivity contribution in [2.24, 2.45) is 0 Å². The molecule has 0 amide bonds. The van der Waals surface area contributed by atoms with Crippen LogP contribution < -0.4 is 0 Å². The van der Waals surface area contributed by atoms with Crippen LogP contribution in [0.15, 0.2) is 18.3 Å². The first kappa shape index (κ1) is 13.4. The van der Waals surface area contributed by atoms with Crippen molar-refractivity contribution in [1.29, 1.82) is 0 Å². The van der Waals surface area contributed by atoms with Crippen LogP contribution in [0, 0.1) is 0 Å². The average Bonchev–Trinajstić information content (AvgIpc) is 2.27. The highest BCUT2D eigenvalue weighted by Crippen LogP contribution is 2.15. The maximum Gasteiger partial charge on any atom is 0.411 e. The number of aromatic nitrogens is 1. The lowest BCUT2D eigenvalue weighted by Gasteiger charge is -2.07. The zero-order valence-corrected chi connectivity index (χ0v) is 8.95. The second-order valence-electron chi connectivity index (χ2n) is 3.14. The van der Waals surface area contributed by atoms with Gasteiger partial charge in [-0.1, -0.05) is 0 Å². The maximum atomic E-state index is 11.8. The van der Waals surface area contributed by atoms with Gasteiger partial charge in [0, 0.05) is 6.20 Å². The van der Waals surface area contributed by atoms with Gasteiger partial charge in [0.1, 0.15) is 6.61 Å². The topological polar surface area (TPSA) is 48.4 Å². The Balaban J connectivity index is 2.57. The molecule has 0 aliphatic heterocycles. The lowest BCUT2D eigenvalue weighted by atomic mass is 10.2.